The molecule has 1 heterocycles. The van der Waals surface area contributed by atoms with Crippen LogP contribution >= 0.6 is 11.6 Å². The average Bonchev–Trinajstić information content (AvgIpc) is 2.55. The maximum Gasteiger partial charge on any atom is 0.214 e. The van der Waals surface area contributed by atoms with Crippen molar-refractivity contribution in [1.82, 2.24) is 0 Å². The monoisotopic (exact) mass is 377 g/mol. The summed E-state index contributed by atoms with van der Waals surface area (Å²) in [5.41, 5.74) is 3.43. The number of fused-ring (bicyclic) bond motifs is 1. The quantitative estimate of drug-likeness (QED) is 0.500. The SMILES string of the molecule is CC[n+]1ccc(C)c2ccc(Cl)cc21.Cc1ccc(S(=O)(=O)[O-])cc1. The highest BCUT2D eigenvalue weighted by molar-refractivity contribution is 7.85. The third-order valence-electron chi connectivity index (χ3n) is 3.85. The van der Waals surface area contributed by atoms with E-state index in [4.69, 9.17) is 11.6 Å². The first kappa shape index (κ1) is 19.4. The summed E-state index contributed by atoms with van der Waals surface area (Å²) in [4.78, 5) is -0.178. The second-order valence-electron chi connectivity index (χ2n) is 5.71. The smallest absolute Gasteiger partial charge is 0.214 e. The van der Waals surface area contributed by atoms with E-state index in [-0.39, 0.29) is 4.90 Å². The van der Waals surface area contributed by atoms with Crippen LogP contribution in [0.25, 0.3) is 10.9 Å². The number of aromatic nitrogens is 1. The number of benzene rings is 2. The molecule has 0 bridgehead atoms. The fourth-order valence-corrected chi connectivity index (χ4v) is 3.06. The van der Waals surface area contributed by atoms with Gasteiger partial charge in [0.1, 0.15) is 16.7 Å². The molecular weight excluding hydrogens is 358 g/mol. The maximum absolute atomic E-state index is 10.4. The second kappa shape index (κ2) is 7.95. The molecule has 0 aliphatic heterocycles. The Balaban J connectivity index is 0.000000186. The largest absolute Gasteiger partial charge is 0.744 e. The molecular formula is C19H20ClNO3S. The summed E-state index contributed by atoms with van der Waals surface area (Å²) in [7, 11) is -4.27. The molecule has 3 rings (SSSR count). The number of hydrogen-bond acceptors (Lipinski definition) is 3. The molecule has 0 spiro atoms. The number of nitrogens with zero attached hydrogens (tertiary/aromatic N) is 1. The van der Waals surface area contributed by atoms with Crippen molar-refractivity contribution in [3.05, 3.63) is 70.9 Å². The van der Waals surface area contributed by atoms with Gasteiger partial charge in [0.2, 0.25) is 5.52 Å². The number of aryl methyl sites for hydroxylation is 3. The van der Waals surface area contributed by atoms with Gasteiger partial charge in [-0.15, -0.1) is 0 Å². The van der Waals surface area contributed by atoms with Crippen molar-refractivity contribution in [3.63, 3.8) is 0 Å². The van der Waals surface area contributed by atoms with Crippen LogP contribution in [0.2, 0.25) is 5.02 Å². The number of pyridine rings is 1. The van der Waals surface area contributed by atoms with Crippen molar-refractivity contribution in [1.29, 1.82) is 0 Å². The molecule has 6 heteroatoms. The van der Waals surface area contributed by atoms with Gasteiger partial charge in [-0.2, -0.15) is 4.57 Å². The summed E-state index contributed by atoms with van der Waals surface area (Å²) >= 11 is 5.99. The summed E-state index contributed by atoms with van der Waals surface area (Å²) < 4.78 is 33.4. The van der Waals surface area contributed by atoms with Crippen molar-refractivity contribution >= 4 is 32.6 Å². The minimum absolute atomic E-state index is 0.178. The maximum atomic E-state index is 10.4. The predicted molar refractivity (Wildman–Crippen MR) is 98.7 cm³/mol. The minimum Gasteiger partial charge on any atom is -0.744 e. The highest BCUT2D eigenvalue weighted by Gasteiger charge is 2.08. The molecule has 0 fully saturated rings. The Morgan fingerprint density at radius 3 is 2.24 bits per heavy atom. The van der Waals surface area contributed by atoms with E-state index < -0.39 is 10.1 Å². The Kier molecular flexibility index (Phi) is 6.16. The normalized spacial score (nSPS) is 11.1. The number of rotatable bonds is 2. The van der Waals surface area contributed by atoms with Gasteiger partial charge in [-0.25, -0.2) is 8.42 Å². The lowest BCUT2D eigenvalue weighted by Crippen LogP contribution is -2.32. The van der Waals surface area contributed by atoms with Crippen LogP contribution in [0.1, 0.15) is 18.1 Å². The van der Waals surface area contributed by atoms with Gasteiger partial charge >= 0.3 is 0 Å². The first-order valence-corrected chi connectivity index (χ1v) is 9.62. The third kappa shape index (κ3) is 5.01. The summed E-state index contributed by atoms with van der Waals surface area (Å²) in [5, 5.41) is 2.07. The van der Waals surface area contributed by atoms with Crippen molar-refractivity contribution in [2.45, 2.75) is 32.2 Å². The van der Waals surface area contributed by atoms with E-state index in [0.29, 0.717) is 0 Å². The van der Waals surface area contributed by atoms with Gasteiger partial charge in [-0.05, 0) is 50.6 Å². The van der Waals surface area contributed by atoms with Crippen molar-refractivity contribution in [2.24, 2.45) is 0 Å². The summed E-state index contributed by atoms with van der Waals surface area (Å²) in [5.74, 6) is 0. The van der Waals surface area contributed by atoms with E-state index in [1.54, 1.807) is 12.1 Å². The van der Waals surface area contributed by atoms with Gasteiger partial charge in [0.15, 0.2) is 6.20 Å². The molecule has 0 radical (unpaired) electrons. The molecule has 2 aromatic carbocycles. The van der Waals surface area contributed by atoms with Gasteiger partial charge in [0.05, 0.1) is 4.90 Å². The van der Waals surface area contributed by atoms with Gasteiger partial charge in [0, 0.05) is 22.5 Å². The molecule has 132 valence electrons. The lowest BCUT2D eigenvalue weighted by atomic mass is 10.1. The molecule has 25 heavy (non-hydrogen) atoms. The average molecular weight is 378 g/mol. The van der Waals surface area contributed by atoms with Crippen LogP contribution in [0.3, 0.4) is 0 Å². The van der Waals surface area contributed by atoms with E-state index in [1.165, 1.54) is 28.6 Å². The minimum atomic E-state index is -4.27. The lowest BCUT2D eigenvalue weighted by molar-refractivity contribution is -0.667. The first-order valence-electron chi connectivity index (χ1n) is 7.83. The molecule has 0 aliphatic carbocycles. The van der Waals surface area contributed by atoms with E-state index in [2.05, 4.69) is 36.7 Å². The molecule has 1 aromatic heterocycles. The van der Waals surface area contributed by atoms with Gasteiger partial charge < -0.3 is 4.55 Å². The number of hydrogen-bond donors (Lipinski definition) is 0. The summed E-state index contributed by atoms with van der Waals surface area (Å²) in [6, 6.07) is 14.0. The van der Waals surface area contributed by atoms with Crippen LogP contribution in [0, 0.1) is 13.8 Å². The zero-order chi connectivity index (χ0) is 18.6. The highest BCUT2D eigenvalue weighted by atomic mass is 35.5. The number of halogens is 1. The molecule has 0 N–H and O–H groups in total. The summed E-state index contributed by atoms with van der Waals surface area (Å²) in [6.45, 7) is 7.05. The van der Waals surface area contributed by atoms with Gasteiger partial charge in [-0.1, -0.05) is 29.3 Å². The van der Waals surface area contributed by atoms with Crippen LogP contribution in [0.4, 0.5) is 0 Å². The highest BCUT2D eigenvalue weighted by Crippen LogP contribution is 2.19. The predicted octanol–water partition coefficient (Wildman–Crippen LogP) is 4.01. The molecule has 0 unspecified atom stereocenters. The fraction of sp³-hybridized carbons (Fsp3) is 0.211. The molecule has 0 amide bonds. The lowest BCUT2D eigenvalue weighted by Gasteiger charge is -2.05. The fourth-order valence-electron chi connectivity index (χ4n) is 2.43. The van der Waals surface area contributed by atoms with Gasteiger partial charge in [0.25, 0.3) is 0 Å². The molecule has 0 saturated carbocycles. The van der Waals surface area contributed by atoms with E-state index in [9.17, 15) is 13.0 Å². The Labute approximate surface area is 153 Å². The van der Waals surface area contributed by atoms with Crippen LogP contribution < -0.4 is 4.57 Å². The second-order valence-corrected chi connectivity index (χ2v) is 7.53. The zero-order valence-corrected chi connectivity index (χ0v) is 15.9. The molecule has 0 atom stereocenters. The van der Waals surface area contributed by atoms with E-state index >= 15 is 0 Å². The zero-order valence-electron chi connectivity index (χ0n) is 14.4. The topological polar surface area (TPSA) is 61.1 Å². The Morgan fingerprint density at radius 2 is 1.68 bits per heavy atom. The van der Waals surface area contributed by atoms with E-state index in [1.807, 2.05) is 19.1 Å². The van der Waals surface area contributed by atoms with Crippen LogP contribution in [-0.4, -0.2) is 13.0 Å². The third-order valence-corrected chi connectivity index (χ3v) is 4.93. The van der Waals surface area contributed by atoms with Gasteiger partial charge in [-0.3, -0.25) is 0 Å². The molecule has 4 nitrogen and oxygen atoms in total. The Morgan fingerprint density at radius 1 is 1.04 bits per heavy atom. The molecule has 0 aliphatic rings. The molecule has 3 aromatic rings. The van der Waals surface area contributed by atoms with Crippen molar-refractivity contribution in [2.75, 3.05) is 0 Å². The van der Waals surface area contributed by atoms with Crippen molar-refractivity contribution < 1.29 is 17.5 Å². The van der Waals surface area contributed by atoms with Crippen LogP contribution in [-0.2, 0) is 16.7 Å². The Bertz CT molecular complexity index is 983. The Hall–Kier alpha value is -1.95. The van der Waals surface area contributed by atoms with Crippen LogP contribution in [0.5, 0.6) is 0 Å². The van der Waals surface area contributed by atoms with E-state index in [0.717, 1.165) is 17.1 Å². The van der Waals surface area contributed by atoms with Crippen molar-refractivity contribution in [3.8, 4) is 0 Å². The molecule has 0 saturated heterocycles. The first-order chi connectivity index (χ1) is 11.7. The standard InChI is InChI=1S/C12H13ClN.C7H8O3S/c1-3-14-7-6-9(2)11-5-4-10(13)8-12(11)14;1-6-2-4-7(5-3-6)11(8,9)10/h4-8H,3H2,1-2H3;2-5H,1H3,(H,8,9,10)/q+1;/p-1. The summed E-state index contributed by atoms with van der Waals surface area (Å²) in [6.07, 6.45) is 2.11. The van der Waals surface area contributed by atoms with Crippen LogP contribution in [0.15, 0.2) is 59.6 Å².